The molecule has 0 N–H and O–H groups in total. The van der Waals surface area contributed by atoms with Crippen LogP contribution in [0, 0.1) is 12.7 Å². The van der Waals surface area contributed by atoms with Gasteiger partial charge in [-0.15, -0.1) is 0 Å². The number of hydrogen-bond donors (Lipinski definition) is 0. The van der Waals surface area contributed by atoms with Gasteiger partial charge in [0.2, 0.25) is 17.6 Å². The van der Waals surface area contributed by atoms with E-state index >= 15 is 0 Å². The quantitative estimate of drug-likeness (QED) is 0.686. The Bertz CT molecular complexity index is 988. The minimum atomic E-state index is -0.418. The summed E-state index contributed by atoms with van der Waals surface area (Å²) < 4.78 is 19.2. The summed E-state index contributed by atoms with van der Waals surface area (Å²) in [5.74, 6) is -0.186. The van der Waals surface area contributed by atoms with Gasteiger partial charge in [-0.3, -0.25) is 4.79 Å². The third-order valence-electron chi connectivity index (χ3n) is 4.50. The molecule has 0 unspecified atom stereocenters. The van der Waals surface area contributed by atoms with Gasteiger partial charge in [-0.05, 0) is 36.8 Å². The van der Waals surface area contributed by atoms with Crippen molar-refractivity contribution in [3.05, 3.63) is 64.8 Å². The van der Waals surface area contributed by atoms with Crippen molar-refractivity contribution in [3.63, 3.8) is 0 Å². The highest BCUT2D eigenvalue weighted by atomic mass is 35.5. The van der Waals surface area contributed by atoms with Gasteiger partial charge in [0.25, 0.3) is 0 Å². The van der Waals surface area contributed by atoms with Gasteiger partial charge in [-0.1, -0.05) is 35.0 Å². The summed E-state index contributed by atoms with van der Waals surface area (Å²) in [6, 6.07) is 11.7. The van der Waals surface area contributed by atoms with Crippen molar-refractivity contribution in [2.24, 2.45) is 0 Å². The molecule has 1 amide bonds. The van der Waals surface area contributed by atoms with Crippen LogP contribution in [0.15, 0.2) is 47.0 Å². The lowest BCUT2D eigenvalue weighted by Crippen LogP contribution is -2.24. The Morgan fingerprint density at radius 1 is 1.27 bits per heavy atom. The molecular weight excluding hydrogens is 357 g/mol. The average Bonchev–Trinajstić information content (AvgIpc) is 3.25. The van der Waals surface area contributed by atoms with Crippen LogP contribution >= 0.6 is 11.6 Å². The van der Waals surface area contributed by atoms with Crippen LogP contribution in [0.3, 0.4) is 0 Å². The molecule has 0 spiro atoms. The summed E-state index contributed by atoms with van der Waals surface area (Å²) in [7, 11) is 0. The molecule has 0 aliphatic carbocycles. The van der Waals surface area contributed by atoms with Crippen molar-refractivity contribution >= 4 is 23.2 Å². The Labute approximate surface area is 154 Å². The van der Waals surface area contributed by atoms with Gasteiger partial charge in [0.15, 0.2) is 0 Å². The number of carbonyl (C=O) groups is 1. The zero-order valence-electron chi connectivity index (χ0n) is 13.9. The Balaban J connectivity index is 1.58. The lowest BCUT2D eigenvalue weighted by atomic mass is 10.1. The number of anilines is 1. The van der Waals surface area contributed by atoms with Crippen LogP contribution in [0.4, 0.5) is 10.1 Å². The first-order valence-electron chi connectivity index (χ1n) is 8.18. The number of hydrogen-bond acceptors (Lipinski definition) is 4. The van der Waals surface area contributed by atoms with E-state index < -0.39 is 5.82 Å². The van der Waals surface area contributed by atoms with E-state index in [4.69, 9.17) is 16.1 Å². The molecule has 1 saturated heterocycles. The van der Waals surface area contributed by atoms with Gasteiger partial charge < -0.3 is 9.42 Å². The van der Waals surface area contributed by atoms with Crippen molar-refractivity contribution < 1.29 is 13.7 Å². The number of aromatic nitrogens is 2. The molecule has 26 heavy (non-hydrogen) atoms. The number of nitrogens with zero attached hydrogens (tertiary/aromatic N) is 3. The van der Waals surface area contributed by atoms with Gasteiger partial charge in [-0.25, -0.2) is 4.39 Å². The largest absolute Gasteiger partial charge is 0.339 e. The molecule has 0 radical (unpaired) electrons. The van der Waals surface area contributed by atoms with Crippen LogP contribution in [0.5, 0.6) is 0 Å². The zero-order valence-corrected chi connectivity index (χ0v) is 14.7. The highest BCUT2D eigenvalue weighted by molar-refractivity contribution is 6.31. The molecule has 1 fully saturated rings. The molecule has 7 heteroatoms. The summed E-state index contributed by atoms with van der Waals surface area (Å²) in [5.41, 5.74) is 1.96. The highest BCUT2D eigenvalue weighted by Crippen LogP contribution is 2.33. The van der Waals surface area contributed by atoms with Gasteiger partial charge in [0.1, 0.15) is 5.82 Å². The number of aryl methyl sites for hydroxylation is 1. The topological polar surface area (TPSA) is 59.2 Å². The van der Waals surface area contributed by atoms with Crippen LogP contribution in [-0.4, -0.2) is 22.6 Å². The lowest BCUT2D eigenvalue weighted by molar-refractivity contribution is -0.117. The summed E-state index contributed by atoms with van der Waals surface area (Å²) in [4.78, 5) is 18.4. The first-order valence-corrected chi connectivity index (χ1v) is 8.56. The summed E-state index contributed by atoms with van der Waals surface area (Å²) >= 11 is 6.16. The van der Waals surface area contributed by atoms with Crippen molar-refractivity contribution in [2.45, 2.75) is 19.3 Å². The van der Waals surface area contributed by atoms with Gasteiger partial charge in [0, 0.05) is 23.7 Å². The van der Waals surface area contributed by atoms with Crippen molar-refractivity contribution in [3.8, 4) is 11.4 Å². The molecule has 1 aromatic heterocycles. The normalized spacial score (nSPS) is 17.1. The fourth-order valence-electron chi connectivity index (χ4n) is 3.03. The first kappa shape index (κ1) is 16.7. The first-order chi connectivity index (χ1) is 12.5. The second kappa shape index (κ2) is 6.53. The van der Waals surface area contributed by atoms with Crippen LogP contribution < -0.4 is 4.90 Å². The maximum absolute atomic E-state index is 13.9. The zero-order chi connectivity index (χ0) is 18.3. The number of rotatable bonds is 3. The molecule has 3 aromatic rings. The maximum Gasteiger partial charge on any atom is 0.232 e. The van der Waals surface area contributed by atoms with Gasteiger partial charge in [0.05, 0.1) is 11.5 Å². The molecule has 0 bridgehead atoms. The fourth-order valence-corrected chi connectivity index (χ4v) is 3.20. The monoisotopic (exact) mass is 371 g/mol. The van der Waals surface area contributed by atoms with E-state index in [2.05, 4.69) is 10.1 Å². The van der Waals surface area contributed by atoms with E-state index in [0.717, 1.165) is 11.3 Å². The summed E-state index contributed by atoms with van der Waals surface area (Å²) in [6.45, 7) is 2.32. The smallest absolute Gasteiger partial charge is 0.232 e. The summed E-state index contributed by atoms with van der Waals surface area (Å²) in [5, 5.41) is 4.47. The van der Waals surface area contributed by atoms with Crippen LogP contribution in [0.1, 0.15) is 23.8 Å². The third kappa shape index (κ3) is 2.97. The summed E-state index contributed by atoms with van der Waals surface area (Å²) in [6.07, 6.45) is 0.254. The lowest BCUT2D eigenvalue weighted by Gasteiger charge is -2.17. The molecule has 5 nitrogen and oxygen atoms in total. The SMILES string of the molecule is Cc1ccc(N2C[C@@H](c3nc(-c4ccccc4F)no3)CC2=O)cc1Cl. The molecular formula is C19H15ClFN3O2. The van der Waals surface area contributed by atoms with Crippen LogP contribution in [0.2, 0.25) is 5.02 Å². The van der Waals surface area contributed by atoms with Gasteiger partial charge in [-0.2, -0.15) is 4.98 Å². The van der Waals surface area contributed by atoms with Gasteiger partial charge >= 0.3 is 0 Å². The Hall–Kier alpha value is -2.73. The molecule has 1 atom stereocenters. The van der Waals surface area contributed by atoms with E-state index in [1.165, 1.54) is 6.07 Å². The van der Waals surface area contributed by atoms with E-state index in [1.807, 2.05) is 19.1 Å². The second-order valence-electron chi connectivity index (χ2n) is 6.27. The van der Waals surface area contributed by atoms with Crippen LogP contribution in [0.25, 0.3) is 11.4 Å². The minimum Gasteiger partial charge on any atom is -0.339 e. The van der Waals surface area contributed by atoms with E-state index in [9.17, 15) is 9.18 Å². The Morgan fingerprint density at radius 2 is 2.08 bits per heavy atom. The van der Waals surface area contributed by atoms with Crippen LogP contribution in [-0.2, 0) is 4.79 Å². The molecule has 0 saturated carbocycles. The third-order valence-corrected chi connectivity index (χ3v) is 4.91. The molecule has 2 aromatic carbocycles. The van der Waals surface area contributed by atoms with Crippen molar-refractivity contribution in [1.29, 1.82) is 0 Å². The fraction of sp³-hybridized carbons (Fsp3) is 0.211. The standard InChI is InChI=1S/C19H15ClFN3O2/c1-11-6-7-13(9-15(11)20)24-10-12(8-17(24)25)19-22-18(23-26-19)14-4-2-3-5-16(14)21/h2-7,9,12H,8,10H2,1H3/t12-/m0/s1. The Morgan fingerprint density at radius 3 is 2.85 bits per heavy atom. The van der Waals surface area contributed by atoms with E-state index in [1.54, 1.807) is 29.2 Å². The number of halogens is 2. The average molecular weight is 372 g/mol. The van der Waals surface area contributed by atoms with Crippen molar-refractivity contribution in [1.82, 2.24) is 10.1 Å². The second-order valence-corrected chi connectivity index (χ2v) is 6.68. The molecule has 4 rings (SSSR count). The predicted molar refractivity (Wildman–Crippen MR) is 95.6 cm³/mol. The van der Waals surface area contributed by atoms with E-state index in [-0.39, 0.29) is 29.6 Å². The number of amides is 1. The molecule has 1 aliphatic rings. The molecule has 132 valence electrons. The predicted octanol–water partition coefficient (Wildman–Crippen LogP) is 4.36. The van der Waals surface area contributed by atoms with Crippen molar-refractivity contribution in [2.75, 3.05) is 11.4 Å². The molecule has 2 heterocycles. The number of benzene rings is 2. The van der Waals surface area contributed by atoms with E-state index in [0.29, 0.717) is 17.5 Å². The minimum absolute atomic E-state index is 0.0411. The highest BCUT2D eigenvalue weighted by Gasteiger charge is 2.35. The molecule has 1 aliphatic heterocycles. The maximum atomic E-state index is 13.9. The number of carbonyl (C=O) groups excluding carboxylic acids is 1. The Kier molecular flexibility index (Phi) is 4.20.